The molecule has 1 aromatic rings. The molecule has 0 saturated carbocycles. The molecule has 2 atom stereocenters. The summed E-state index contributed by atoms with van der Waals surface area (Å²) < 4.78 is 5.22. The number of ether oxygens (including phenoxy) is 1. The molecule has 0 aliphatic carbocycles. The molecule has 2 aliphatic heterocycles. The van der Waals surface area contributed by atoms with Gasteiger partial charge in [0.2, 0.25) is 11.8 Å². The van der Waals surface area contributed by atoms with Gasteiger partial charge in [-0.25, -0.2) is 4.79 Å². The second-order valence-electron chi connectivity index (χ2n) is 7.02. The van der Waals surface area contributed by atoms with E-state index in [2.05, 4.69) is 5.32 Å². The Morgan fingerprint density at radius 3 is 2.54 bits per heavy atom. The van der Waals surface area contributed by atoms with E-state index >= 15 is 0 Å². The van der Waals surface area contributed by atoms with Crippen molar-refractivity contribution in [3.8, 4) is 0 Å². The Morgan fingerprint density at radius 2 is 1.92 bits per heavy atom. The van der Waals surface area contributed by atoms with E-state index in [1.807, 2.05) is 37.3 Å². The van der Waals surface area contributed by atoms with Crippen molar-refractivity contribution in [1.82, 2.24) is 10.2 Å². The van der Waals surface area contributed by atoms with Crippen molar-refractivity contribution in [2.45, 2.75) is 37.8 Å². The summed E-state index contributed by atoms with van der Waals surface area (Å²) in [7, 11) is 0. The van der Waals surface area contributed by atoms with E-state index in [1.54, 1.807) is 4.90 Å². The zero-order chi connectivity index (χ0) is 18.7. The van der Waals surface area contributed by atoms with Crippen molar-refractivity contribution in [2.75, 3.05) is 19.8 Å². The summed E-state index contributed by atoms with van der Waals surface area (Å²) in [4.78, 5) is 38.5. The SMILES string of the molecule is CC(c1ccccc1)N1CC(C(=O)NC2(C(=O)O)CCOCC2)CC1=O. The molecule has 2 N–H and O–H groups in total. The fourth-order valence-corrected chi connectivity index (χ4v) is 3.64. The number of nitrogens with one attached hydrogen (secondary N) is 1. The number of aliphatic carboxylic acids is 1. The van der Waals surface area contributed by atoms with Crippen LogP contribution in [0.5, 0.6) is 0 Å². The molecular weight excluding hydrogens is 336 g/mol. The Bertz CT molecular complexity index is 684. The van der Waals surface area contributed by atoms with Gasteiger partial charge in [-0.2, -0.15) is 0 Å². The molecular formula is C19H24N2O5. The number of carbonyl (C=O) groups excluding carboxylic acids is 2. The van der Waals surface area contributed by atoms with Crippen LogP contribution in [0.3, 0.4) is 0 Å². The Hall–Kier alpha value is -2.41. The number of carboxylic acids is 1. The van der Waals surface area contributed by atoms with Gasteiger partial charge in [-0.1, -0.05) is 30.3 Å². The number of likely N-dealkylation sites (tertiary alicyclic amines) is 1. The molecule has 140 valence electrons. The number of amides is 2. The molecule has 2 unspecified atom stereocenters. The number of benzene rings is 1. The number of carboxylic acid groups (broad SMARTS) is 1. The average Bonchev–Trinajstić information content (AvgIpc) is 3.04. The Morgan fingerprint density at radius 1 is 1.27 bits per heavy atom. The molecule has 2 amide bonds. The molecule has 0 spiro atoms. The molecule has 2 saturated heterocycles. The Balaban J connectivity index is 1.68. The first-order chi connectivity index (χ1) is 12.4. The molecule has 7 nitrogen and oxygen atoms in total. The predicted octanol–water partition coefficient (Wildman–Crippen LogP) is 1.35. The fraction of sp³-hybridized carbons (Fsp3) is 0.526. The standard InChI is InChI=1S/C19H24N2O5/c1-13(14-5-3-2-4-6-14)21-12-15(11-16(21)22)17(23)20-19(18(24)25)7-9-26-10-8-19/h2-6,13,15H,7-12H2,1H3,(H,20,23)(H,24,25). The maximum atomic E-state index is 12.7. The maximum absolute atomic E-state index is 12.7. The van der Waals surface area contributed by atoms with Crippen molar-refractivity contribution >= 4 is 17.8 Å². The van der Waals surface area contributed by atoms with Gasteiger partial charge in [0.05, 0.1) is 12.0 Å². The zero-order valence-corrected chi connectivity index (χ0v) is 14.8. The van der Waals surface area contributed by atoms with Crippen molar-refractivity contribution in [3.63, 3.8) is 0 Å². The van der Waals surface area contributed by atoms with E-state index in [1.165, 1.54) is 0 Å². The third-order valence-electron chi connectivity index (χ3n) is 5.40. The smallest absolute Gasteiger partial charge is 0.329 e. The number of hydrogen-bond donors (Lipinski definition) is 2. The van der Waals surface area contributed by atoms with Crippen LogP contribution in [0.1, 0.15) is 37.8 Å². The van der Waals surface area contributed by atoms with Gasteiger partial charge < -0.3 is 20.1 Å². The lowest BCUT2D eigenvalue weighted by molar-refractivity contribution is -0.152. The molecule has 2 heterocycles. The quantitative estimate of drug-likeness (QED) is 0.826. The highest BCUT2D eigenvalue weighted by Gasteiger charge is 2.45. The highest BCUT2D eigenvalue weighted by atomic mass is 16.5. The highest BCUT2D eigenvalue weighted by molar-refractivity contribution is 5.93. The highest BCUT2D eigenvalue weighted by Crippen LogP contribution is 2.29. The van der Waals surface area contributed by atoms with E-state index in [9.17, 15) is 19.5 Å². The first-order valence-corrected chi connectivity index (χ1v) is 8.90. The normalized spacial score (nSPS) is 23.5. The van der Waals surface area contributed by atoms with Gasteiger partial charge in [-0.15, -0.1) is 0 Å². The summed E-state index contributed by atoms with van der Waals surface area (Å²) >= 11 is 0. The minimum Gasteiger partial charge on any atom is -0.480 e. The molecule has 2 aliphatic rings. The Kier molecular flexibility index (Phi) is 5.27. The summed E-state index contributed by atoms with van der Waals surface area (Å²) in [5, 5.41) is 12.3. The second kappa shape index (κ2) is 7.45. The lowest BCUT2D eigenvalue weighted by Gasteiger charge is -2.34. The van der Waals surface area contributed by atoms with Gasteiger partial charge in [0, 0.05) is 39.0 Å². The van der Waals surface area contributed by atoms with Gasteiger partial charge in [0.25, 0.3) is 0 Å². The van der Waals surface area contributed by atoms with Crippen LogP contribution in [0.15, 0.2) is 30.3 Å². The number of nitrogens with zero attached hydrogens (tertiary/aromatic N) is 1. The molecule has 0 radical (unpaired) electrons. The van der Waals surface area contributed by atoms with Gasteiger partial charge in [-0.3, -0.25) is 9.59 Å². The van der Waals surface area contributed by atoms with E-state index in [0.717, 1.165) is 5.56 Å². The van der Waals surface area contributed by atoms with E-state index in [4.69, 9.17) is 4.74 Å². The van der Waals surface area contributed by atoms with Crippen molar-refractivity contribution in [2.24, 2.45) is 5.92 Å². The molecule has 7 heteroatoms. The maximum Gasteiger partial charge on any atom is 0.329 e. The van der Waals surface area contributed by atoms with Crippen LogP contribution >= 0.6 is 0 Å². The number of carbonyl (C=O) groups is 3. The third-order valence-corrected chi connectivity index (χ3v) is 5.40. The summed E-state index contributed by atoms with van der Waals surface area (Å²) in [6.45, 7) is 2.83. The van der Waals surface area contributed by atoms with Crippen LogP contribution in [0.25, 0.3) is 0 Å². The van der Waals surface area contributed by atoms with Crippen molar-refractivity contribution < 1.29 is 24.2 Å². The van der Waals surface area contributed by atoms with Crippen LogP contribution in [0, 0.1) is 5.92 Å². The first-order valence-electron chi connectivity index (χ1n) is 8.90. The van der Waals surface area contributed by atoms with Crippen molar-refractivity contribution in [3.05, 3.63) is 35.9 Å². The summed E-state index contributed by atoms with van der Waals surface area (Å²) in [6, 6.07) is 9.52. The molecule has 0 bridgehead atoms. The Labute approximate surface area is 152 Å². The third kappa shape index (κ3) is 3.58. The lowest BCUT2D eigenvalue weighted by atomic mass is 9.89. The van der Waals surface area contributed by atoms with Crippen LogP contribution in [0.2, 0.25) is 0 Å². The van der Waals surface area contributed by atoms with Crippen LogP contribution in [-0.2, 0) is 19.1 Å². The molecule has 3 rings (SSSR count). The molecule has 2 fully saturated rings. The van der Waals surface area contributed by atoms with Gasteiger partial charge in [0.1, 0.15) is 5.54 Å². The summed E-state index contributed by atoms with van der Waals surface area (Å²) in [6.07, 6.45) is 0.576. The lowest BCUT2D eigenvalue weighted by Crippen LogP contribution is -2.58. The molecule has 26 heavy (non-hydrogen) atoms. The van der Waals surface area contributed by atoms with Gasteiger partial charge >= 0.3 is 5.97 Å². The summed E-state index contributed by atoms with van der Waals surface area (Å²) in [5.74, 6) is -2.04. The topological polar surface area (TPSA) is 95.9 Å². The first kappa shape index (κ1) is 18.4. The van der Waals surface area contributed by atoms with Crippen molar-refractivity contribution in [1.29, 1.82) is 0 Å². The van der Waals surface area contributed by atoms with Gasteiger partial charge in [-0.05, 0) is 12.5 Å². The molecule has 0 aromatic heterocycles. The number of hydrogen-bond acceptors (Lipinski definition) is 4. The van der Waals surface area contributed by atoms with Crippen LogP contribution in [-0.4, -0.2) is 53.1 Å². The van der Waals surface area contributed by atoms with E-state index in [0.29, 0.717) is 19.8 Å². The number of rotatable bonds is 5. The monoisotopic (exact) mass is 360 g/mol. The predicted molar refractivity (Wildman–Crippen MR) is 93.2 cm³/mol. The van der Waals surface area contributed by atoms with E-state index in [-0.39, 0.29) is 37.1 Å². The minimum atomic E-state index is -1.29. The zero-order valence-electron chi connectivity index (χ0n) is 14.8. The minimum absolute atomic E-state index is 0.0853. The fourth-order valence-electron chi connectivity index (χ4n) is 3.64. The summed E-state index contributed by atoms with van der Waals surface area (Å²) in [5.41, 5.74) is -0.287. The van der Waals surface area contributed by atoms with Gasteiger partial charge in [0.15, 0.2) is 0 Å². The second-order valence-corrected chi connectivity index (χ2v) is 7.02. The van der Waals surface area contributed by atoms with Crippen LogP contribution < -0.4 is 5.32 Å². The largest absolute Gasteiger partial charge is 0.480 e. The van der Waals surface area contributed by atoms with Crippen LogP contribution in [0.4, 0.5) is 0 Å². The van der Waals surface area contributed by atoms with E-state index < -0.39 is 17.4 Å². The molecule has 1 aromatic carbocycles. The average molecular weight is 360 g/mol.